The van der Waals surface area contributed by atoms with Crippen LogP contribution in [0.25, 0.3) is 0 Å². The molecule has 0 heterocycles. The first-order valence-corrected chi connectivity index (χ1v) is 12.6. The molecule has 5 N–H and O–H groups in total. The average Bonchev–Trinajstić information content (AvgIpc) is 3.51. The van der Waals surface area contributed by atoms with Gasteiger partial charge in [0.2, 0.25) is 17.7 Å². The Morgan fingerprint density at radius 1 is 1.18 bits per heavy atom. The van der Waals surface area contributed by atoms with Gasteiger partial charge in [-0.15, -0.1) is 0 Å². The summed E-state index contributed by atoms with van der Waals surface area (Å²) in [4.78, 5) is 64.8. The minimum Gasteiger partial charge on any atom is -0.508 e. The third-order valence-corrected chi connectivity index (χ3v) is 5.76. The van der Waals surface area contributed by atoms with Crippen molar-refractivity contribution in [3.8, 4) is 5.75 Å². The standard InChI is InChI=1S/C26H38N4O8/c1-6-37-21(33)11-12-28-23(34)22(16-9-7-8-10-19(16)31)30(18-13-15(18)2)24(35)17(14-20(27)32)29-25(36)38-26(3,4)5/h7-10,15,17-18,22,31H,6,11-14H2,1-5H3,(H2,27,32)(H,28,34)(H,29,36). The number of primary amides is 1. The summed E-state index contributed by atoms with van der Waals surface area (Å²) in [5.74, 6) is -2.96. The van der Waals surface area contributed by atoms with Gasteiger partial charge in [-0.3, -0.25) is 19.2 Å². The van der Waals surface area contributed by atoms with Crippen LogP contribution in [-0.4, -0.2) is 70.6 Å². The molecule has 1 aliphatic rings. The molecule has 0 bridgehead atoms. The average molecular weight is 535 g/mol. The van der Waals surface area contributed by atoms with Gasteiger partial charge in [0.25, 0.3) is 0 Å². The van der Waals surface area contributed by atoms with E-state index in [1.54, 1.807) is 39.8 Å². The van der Waals surface area contributed by atoms with Crippen molar-refractivity contribution in [1.29, 1.82) is 0 Å². The first kappa shape index (κ1) is 30.4. The highest BCUT2D eigenvalue weighted by atomic mass is 16.6. The van der Waals surface area contributed by atoms with Gasteiger partial charge in [-0.2, -0.15) is 0 Å². The van der Waals surface area contributed by atoms with Crippen LogP contribution in [0.15, 0.2) is 24.3 Å². The van der Waals surface area contributed by atoms with E-state index in [0.29, 0.717) is 6.42 Å². The molecule has 12 nitrogen and oxygen atoms in total. The zero-order chi connectivity index (χ0) is 28.6. The number of aromatic hydroxyl groups is 1. The Labute approximate surface area is 222 Å². The van der Waals surface area contributed by atoms with Crippen molar-refractivity contribution >= 4 is 29.8 Å². The number of carbonyl (C=O) groups excluding carboxylic acids is 5. The maximum absolute atomic E-state index is 13.9. The summed E-state index contributed by atoms with van der Waals surface area (Å²) >= 11 is 0. The van der Waals surface area contributed by atoms with Gasteiger partial charge in [-0.25, -0.2) is 4.79 Å². The second-order valence-corrected chi connectivity index (χ2v) is 10.2. The van der Waals surface area contributed by atoms with E-state index in [0.717, 1.165) is 0 Å². The van der Waals surface area contributed by atoms with Crippen molar-refractivity contribution in [2.24, 2.45) is 11.7 Å². The number of hydrogen-bond acceptors (Lipinski definition) is 8. The molecule has 0 saturated heterocycles. The van der Waals surface area contributed by atoms with E-state index in [1.165, 1.54) is 17.0 Å². The third kappa shape index (κ3) is 8.93. The Hall–Kier alpha value is -3.83. The van der Waals surface area contributed by atoms with Crippen LogP contribution in [0.5, 0.6) is 5.75 Å². The van der Waals surface area contributed by atoms with Crippen LogP contribution < -0.4 is 16.4 Å². The highest BCUT2D eigenvalue weighted by Crippen LogP contribution is 2.42. The summed E-state index contributed by atoms with van der Waals surface area (Å²) in [5, 5.41) is 15.7. The minimum absolute atomic E-state index is 0.00962. The molecular formula is C26H38N4O8. The monoisotopic (exact) mass is 534 g/mol. The van der Waals surface area contributed by atoms with E-state index in [1.807, 2.05) is 6.92 Å². The number of esters is 1. The number of amides is 4. The van der Waals surface area contributed by atoms with Gasteiger partial charge in [0, 0.05) is 18.2 Å². The number of carbonyl (C=O) groups is 5. The van der Waals surface area contributed by atoms with E-state index in [2.05, 4.69) is 10.6 Å². The van der Waals surface area contributed by atoms with Crippen molar-refractivity contribution < 1.29 is 38.6 Å². The number of benzene rings is 1. The molecule has 2 rings (SSSR count). The molecule has 0 aliphatic heterocycles. The van der Waals surface area contributed by atoms with Gasteiger partial charge in [-0.05, 0) is 46.1 Å². The molecule has 4 unspecified atom stereocenters. The molecule has 4 amide bonds. The summed E-state index contributed by atoms with van der Waals surface area (Å²) in [5.41, 5.74) is 4.65. The predicted molar refractivity (Wildman–Crippen MR) is 136 cm³/mol. The Kier molecular flexibility index (Phi) is 10.5. The lowest BCUT2D eigenvalue weighted by Crippen LogP contribution is -2.55. The van der Waals surface area contributed by atoms with Gasteiger partial charge in [0.1, 0.15) is 23.4 Å². The number of phenolic OH excluding ortho intramolecular Hbond substituents is 1. The molecule has 38 heavy (non-hydrogen) atoms. The van der Waals surface area contributed by atoms with Gasteiger partial charge in [-0.1, -0.05) is 25.1 Å². The van der Waals surface area contributed by atoms with Gasteiger partial charge in [0.05, 0.1) is 19.4 Å². The number of nitrogens with zero attached hydrogens (tertiary/aromatic N) is 1. The van der Waals surface area contributed by atoms with Crippen LogP contribution in [0, 0.1) is 5.92 Å². The number of ether oxygens (including phenoxy) is 2. The Bertz CT molecular complexity index is 1040. The lowest BCUT2D eigenvalue weighted by Gasteiger charge is -2.35. The van der Waals surface area contributed by atoms with Crippen LogP contribution >= 0.6 is 0 Å². The Morgan fingerprint density at radius 2 is 1.82 bits per heavy atom. The maximum Gasteiger partial charge on any atom is 0.408 e. The molecule has 1 aromatic rings. The third-order valence-electron chi connectivity index (χ3n) is 5.76. The molecule has 1 aromatic carbocycles. The zero-order valence-electron chi connectivity index (χ0n) is 22.5. The minimum atomic E-state index is -1.42. The van der Waals surface area contributed by atoms with Crippen molar-refractivity contribution in [3.05, 3.63) is 29.8 Å². The van der Waals surface area contributed by atoms with Crippen LogP contribution in [0.3, 0.4) is 0 Å². The molecule has 0 spiro atoms. The van der Waals surface area contributed by atoms with Crippen LogP contribution in [-0.2, 0) is 28.7 Å². The number of para-hydroxylation sites is 1. The van der Waals surface area contributed by atoms with E-state index in [4.69, 9.17) is 15.2 Å². The lowest BCUT2D eigenvalue weighted by molar-refractivity contribution is -0.145. The molecule has 1 fully saturated rings. The first-order valence-electron chi connectivity index (χ1n) is 12.6. The number of phenols is 1. The maximum atomic E-state index is 13.9. The number of rotatable bonds is 12. The zero-order valence-corrected chi connectivity index (χ0v) is 22.5. The lowest BCUT2D eigenvalue weighted by atomic mass is 10.0. The van der Waals surface area contributed by atoms with Crippen molar-refractivity contribution in [1.82, 2.24) is 15.5 Å². The van der Waals surface area contributed by atoms with E-state index < -0.39 is 59.9 Å². The van der Waals surface area contributed by atoms with Gasteiger partial charge in [0.15, 0.2) is 0 Å². The molecule has 12 heteroatoms. The molecule has 0 radical (unpaired) electrons. The molecule has 4 atom stereocenters. The van der Waals surface area contributed by atoms with Crippen molar-refractivity contribution in [3.63, 3.8) is 0 Å². The number of nitrogens with two attached hydrogens (primary N) is 1. The van der Waals surface area contributed by atoms with Gasteiger partial charge < -0.3 is 35.8 Å². The fraction of sp³-hybridized carbons (Fsp3) is 0.577. The van der Waals surface area contributed by atoms with Crippen LogP contribution in [0.1, 0.15) is 65.5 Å². The summed E-state index contributed by atoms with van der Waals surface area (Å²) in [7, 11) is 0. The van der Waals surface area contributed by atoms with E-state index in [-0.39, 0.29) is 36.8 Å². The van der Waals surface area contributed by atoms with Crippen LogP contribution in [0.4, 0.5) is 4.79 Å². The molecule has 0 aromatic heterocycles. The summed E-state index contributed by atoms with van der Waals surface area (Å²) in [6, 6.07) is 2.90. The Morgan fingerprint density at radius 3 is 2.34 bits per heavy atom. The molecule has 1 aliphatic carbocycles. The number of nitrogens with one attached hydrogen (secondary N) is 2. The normalized spacial score (nSPS) is 17.9. The van der Waals surface area contributed by atoms with Crippen molar-refractivity contribution in [2.45, 2.75) is 77.6 Å². The highest BCUT2D eigenvalue weighted by molar-refractivity contribution is 5.95. The topological polar surface area (TPSA) is 177 Å². The molecular weight excluding hydrogens is 496 g/mol. The summed E-state index contributed by atoms with van der Waals surface area (Å²) in [6.45, 7) is 8.61. The fourth-order valence-electron chi connectivity index (χ4n) is 3.96. The van der Waals surface area contributed by atoms with E-state index in [9.17, 15) is 29.1 Å². The second kappa shape index (κ2) is 13.1. The quantitative estimate of drug-likeness (QED) is 0.292. The van der Waals surface area contributed by atoms with E-state index >= 15 is 0 Å². The van der Waals surface area contributed by atoms with Crippen molar-refractivity contribution in [2.75, 3.05) is 13.2 Å². The number of hydrogen-bond donors (Lipinski definition) is 4. The fourth-order valence-corrected chi connectivity index (χ4v) is 3.96. The Balaban J connectivity index is 2.44. The largest absolute Gasteiger partial charge is 0.508 e. The second-order valence-electron chi connectivity index (χ2n) is 10.2. The summed E-state index contributed by atoms with van der Waals surface area (Å²) in [6.07, 6.45) is -1.00. The van der Waals surface area contributed by atoms with Crippen LogP contribution in [0.2, 0.25) is 0 Å². The highest BCUT2D eigenvalue weighted by Gasteiger charge is 2.49. The SMILES string of the molecule is CCOC(=O)CCNC(=O)C(c1ccccc1O)N(C(=O)C(CC(N)=O)NC(=O)OC(C)(C)C)C1CC1C. The summed E-state index contributed by atoms with van der Waals surface area (Å²) < 4.78 is 10.1. The predicted octanol–water partition coefficient (Wildman–Crippen LogP) is 1.51. The molecule has 210 valence electrons. The van der Waals surface area contributed by atoms with Gasteiger partial charge >= 0.3 is 12.1 Å². The first-order chi connectivity index (χ1) is 17.7. The molecule has 1 saturated carbocycles. The smallest absolute Gasteiger partial charge is 0.408 e. The number of alkyl carbamates (subject to hydrolysis) is 1.